The largest absolute Gasteiger partial charge is 0.489 e. The Labute approximate surface area is 278 Å². The lowest BCUT2D eigenvalue weighted by molar-refractivity contribution is 0.0876. The molecule has 3 heterocycles. The molecule has 2 aliphatic rings. The summed E-state index contributed by atoms with van der Waals surface area (Å²) in [6.45, 7) is 19.1. The maximum absolute atomic E-state index is 12.1. The Bertz CT molecular complexity index is 1680. The average molecular weight is 638 g/mol. The van der Waals surface area contributed by atoms with E-state index in [1.54, 1.807) is 13.0 Å². The van der Waals surface area contributed by atoms with E-state index in [0.29, 0.717) is 40.8 Å². The highest BCUT2D eigenvalue weighted by Crippen LogP contribution is 2.41. The Balaban J connectivity index is 1.36. The molecule has 1 aliphatic carbocycles. The molecule has 1 amide bonds. The van der Waals surface area contributed by atoms with Gasteiger partial charge in [-0.05, 0) is 91.3 Å². The molecule has 0 bridgehead atoms. The van der Waals surface area contributed by atoms with Gasteiger partial charge in [-0.25, -0.2) is 4.98 Å². The zero-order chi connectivity index (χ0) is 33.6. The molecule has 47 heavy (non-hydrogen) atoms. The highest BCUT2D eigenvalue weighted by Gasteiger charge is 2.34. The van der Waals surface area contributed by atoms with Crippen molar-refractivity contribution in [2.75, 3.05) is 26.2 Å². The lowest BCUT2D eigenvalue weighted by Gasteiger charge is -2.42. The Kier molecular flexibility index (Phi) is 10.9. The van der Waals surface area contributed by atoms with Crippen LogP contribution in [0.2, 0.25) is 0 Å². The molecule has 0 spiro atoms. The second kappa shape index (κ2) is 15.0. The average Bonchev–Trinajstić information content (AvgIpc) is 3.35. The van der Waals surface area contributed by atoms with Crippen LogP contribution in [-0.4, -0.2) is 51.8 Å². The number of carbonyl (C=O) groups excluding carboxylic acids is 1. The van der Waals surface area contributed by atoms with Gasteiger partial charge in [0.15, 0.2) is 5.82 Å². The van der Waals surface area contributed by atoms with E-state index in [9.17, 15) is 9.70 Å². The van der Waals surface area contributed by atoms with E-state index in [2.05, 4.69) is 67.7 Å². The van der Waals surface area contributed by atoms with Gasteiger partial charge >= 0.3 is 5.91 Å². The summed E-state index contributed by atoms with van der Waals surface area (Å²) in [5.41, 5.74) is 7.16. The summed E-state index contributed by atoms with van der Waals surface area (Å²) in [7, 11) is 0. The Morgan fingerprint density at radius 3 is 2.66 bits per heavy atom. The van der Waals surface area contributed by atoms with Gasteiger partial charge < -0.3 is 14.4 Å². The van der Waals surface area contributed by atoms with Crippen molar-refractivity contribution in [2.45, 2.75) is 73.3 Å². The molecular formula is C38H47N5O4. The number of allylic oxidation sites excluding steroid dienone is 4. The van der Waals surface area contributed by atoms with Crippen LogP contribution in [0.4, 0.5) is 0 Å². The van der Waals surface area contributed by atoms with E-state index in [4.69, 9.17) is 14.5 Å². The molecule has 2 aromatic heterocycles. The van der Waals surface area contributed by atoms with Gasteiger partial charge in [-0.2, -0.15) is 9.78 Å². The minimum absolute atomic E-state index is 0.0195. The first-order valence-corrected chi connectivity index (χ1v) is 16.7. The minimum atomic E-state index is -0.953. The SMILES string of the molecule is C=C(OCc1ccc2c(c1C)CCN(CC1(C)CCC1)CC2)/C(=C\C=C/C(C)C)c1cccc(-n2ncc(C(=O)N=O)c2OCC)n1. The first-order chi connectivity index (χ1) is 22.6. The molecule has 5 rings (SSSR count). The number of nitroso groups, excluding NO2 is 1. The van der Waals surface area contributed by atoms with Gasteiger partial charge in [0.05, 0.1) is 18.5 Å². The number of rotatable bonds is 13. The van der Waals surface area contributed by atoms with Crippen molar-refractivity contribution in [1.82, 2.24) is 19.7 Å². The van der Waals surface area contributed by atoms with E-state index in [1.807, 2.05) is 24.3 Å². The molecule has 0 N–H and O–H groups in total. The molecule has 1 aromatic carbocycles. The van der Waals surface area contributed by atoms with Gasteiger partial charge in [-0.1, -0.05) is 64.1 Å². The van der Waals surface area contributed by atoms with Crippen LogP contribution in [0, 0.1) is 23.2 Å². The summed E-state index contributed by atoms with van der Waals surface area (Å²) >= 11 is 0. The maximum atomic E-state index is 12.1. The quantitative estimate of drug-likeness (QED) is 0.107. The van der Waals surface area contributed by atoms with Crippen LogP contribution in [0.3, 0.4) is 0 Å². The fourth-order valence-electron chi connectivity index (χ4n) is 6.50. The number of hydrogen-bond acceptors (Lipinski definition) is 7. The lowest BCUT2D eigenvalue weighted by atomic mass is 9.70. The van der Waals surface area contributed by atoms with E-state index in [-0.39, 0.29) is 18.1 Å². The summed E-state index contributed by atoms with van der Waals surface area (Å²) in [6.07, 6.45) is 13.5. The van der Waals surface area contributed by atoms with Gasteiger partial charge in [0.25, 0.3) is 0 Å². The second-order valence-electron chi connectivity index (χ2n) is 13.3. The van der Waals surface area contributed by atoms with Crippen molar-refractivity contribution < 1.29 is 14.3 Å². The summed E-state index contributed by atoms with van der Waals surface area (Å²) in [6, 6.07) is 9.95. The predicted octanol–water partition coefficient (Wildman–Crippen LogP) is 7.80. The molecule has 9 nitrogen and oxygen atoms in total. The molecule has 0 saturated heterocycles. The van der Waals surface area contributed by atoms with Crippen LogP contribution in [0.15, 0.2) is 72.3 Å². The van der Waals surface area contributed by atoms with E-state index < -0.39 is 5.91 Å². The smallest absolute Gasteiger partial charge is 0.323 e. The van der Waals surface area contributed by atoms with Gasteiger partial charge in [0.1, 0.15) is 17.9 Å². The summed E-state index contributed by atoms with van der Waals surface area (Å²) in [5, 5.41) is 6.82. The Morgan fingerprint density at radius 2 is 1.96 bits per heavy atom. The van der Waals surface area contributed by atoms with Crippen LogP contribution in [0.25, 0.3) is 11.4 Å². The number of ether oxygens (including phenoxy) is 2. The third-order valence-corrected chi connectivity index (χ3v) is 9.36. The van der Waals surface area contributed by atoms with Crippen molar-refractivity contribution in [3.63, 3.8) is 0 Å². The van der Waals surface area contributed by atoms with Crippen molar-refractivity contribution in [1.29, 1.82) is 0 Å². The van der Waals surface area contributed by atoms with Gasteiger partial charge in [-0.3, -0.25) is 4.79 Å². The molecular weight excluding hydrogens is 590 g/mol. The third kappa shape index (κ3) is 7.96. The zero-order valence-electron chi connectivity index (χ0n) is 28.4. The van der Waals surface area contributed by atoms with Crippen molar-refractivity contribution in [3.05, 3.63) is 106 Å². The summed E-state index contributed by atoms with van der Waals surface area (Å²) < 4.78 is 13.5. The monoisotopic (exact) mass is 637 g/mol. The summed E-state index contributed by atoms with van der Waals surface area (Å²) in [4.78, 5) is 30.6. The number of pyridine rings is 1. The Hall–Kier alpha value is -4.37. The number of benzene rings is 1. The van der Waals surface area contributed by atoms with Crippen molar-refractivity contribution in [2.24, 2.45) is 16.5 Å². The molecule has 1 fully saturated rings. The topological polar surface area (TPSA) is 98.9 Å². The fourth-order valence-corrected chi connectivity index (χ4v) is 6.50. The zero-order valence-corrected chi connectivity index (χ0v) is 28.4. The van der Waals surface area contributed by atoms with E-state index >= 15 is 0 Å². The number of nitrogens with zero attached hydrogens (tertiary/aromatic N) is 5. The van der Waals surface area contributed by atoms with E-state index in [1.165, 1.54) is 53.4 Å². The minimum Gasteiger partial charge on any atom is -0.489 e. The van der Waals surface area contributed by atoms with Gasteiger partial charge in [0.2, 0.25) is 5.88 Å². The highest BCUT2D eigenvalue weighted by molar-refractivity contribution is 5.97. The van der Waals surface area contributed by atoms with Crippen LogP contribution in [0.5, 0.6) is 5.88 Å². The number of amides is 1. The highest BCUT2D eigenvalue weighted by atomic mass is 16.5. The standard InChI is InChI=1S/C38H47N5O4/c1-7-46-37-33(36(44)41-45)23-39-43(37)35-14-9-13-34(40-35)32(12-8-11-26(2)3)28(5)47-24-30-16-15-29-17-21-42(22-18-31(29)27(30)4)25-38(6)19-10-20-38/h8-9,11-16,23,26H,5,7,10,17-22,24-25H2,1-4,6H3/b11-8-,32-12+. The molecule has 3 aromatic rings. The molecule has 248 valence electrons. The van der Waals surface area contributed by atoms with Crippen LogP contribution in [-0.2, 0) is 24.2 Å². The molecule has 0 radical (unpaired) electrons. The predicted molar refractivity (Wildman–Crippen MR) is 186 cm³/mol. The number of fused-ring (bicyclic) bond motifs is 1. The van der Waals surface area contributed by atoms with Crippen LogP contribution < -0.4 is 4.74 Å². The van der Waals surface area contributed by atoms with Crippen molar-refractivity contribution in [3.8, 4) is 11.7 Å². The van der Waals surface area contributed by atoms with Crippen LogP contribution >= 0.6 is 0 Å². The van der Waals surface area contributed by atoms with Gasteiger partial charge in [0, 0.05) is 30.4 Å². The van der Waals surface area contributed by atoms with Crippen molar-refractivity contribution >= 4 is 11.5 Å². The van der Waals surface area contributed by atoms with Gasteiger partial charge in [-0.15, -0.1) is 4.91 Å². The normalized spacial score (nSPS) is 16.4. The molecule has 0 atom stereocenters. The maximum Gasteiger partial charge on any atom is 0.323 e. The van der Waals surface area contributed by atoms with E-state index in [0.717, 1.165) is 31.5 Å². The van der Waals surface area contributed by atoms with Crippen LogP contribution in [0.1, 0.15) is 85.3 Å². The number of aromatic nitrogens is 3. The summed E-state index contributed by atoms with van der Waals surface area (Å²) in [5.74, 6) is 0.413. The number of carbonyl (C=O) groups is 1. The fraction of sp³-hybridized carbons (Fsp3) is 0.447. The molecule has 0 unspecified atom stereocenters. The lowest BCUT2D eigenvalue weighted by Crippen LogP contribution is -2.41. The Morgan fingerprint density at radius 1 is 1.17 bits per heavy atom. The third-order valence-electron chi connectivity index (χ3n) is 9.36. The molecule has 9 heteroatoms. The second-order valence-corrected chi connectivity index (χ2v) is 13.3. The first kappa shape index (κ1) is 34.0. The molecule has 1 aliphatic heterocycles. The first-order valence-electron chi connectivity index (χ1n) is 16.7. The molecule has 1 saturated carbocycles. The number of hydrogen-bond donors (Lipinski definition) is 0.